The standard InChI is InChI=1S/C39H42N6O4/c1-4-35-33(36(43-32-14-16-49-17-15-32)34-23-42-45(5-2)37(34)44-35)22-41-39(48)30-11-7-10-29(20-30)38(47)40-21-31-19-28(13-12-25(31)3)27-9-6-8-26(18-27)24-46/h6-13,18-20,23-24,32H,4-5,14-17,21-22H2,1-3H3,(H,40,47)(H,41,48)(H,43,44). The molecular formula is C39H42N6O4. The molecule has 3 aromatic carbocycles. The molecule has 2 amide bonds. The molecule has 0 aliphatic carbocycles. The Labute approximate surface area is 286 Å². The third-order valence-corrected chi connectivity index (χ3v) is 9.13. The van der Waals surface area contributed by atoms with Gasteiger partial charge >= 0.3 is 0 Å². The van der Waals surface area contributed by atoms with Gasteiger partial charge in [-0.15, -0.1) is 0 Å². The quantitative estimate of drug-likeness (QED) is 0.135. The van der Waals surface area contributed by atoms with Crippen LogP contribution in [0.3, 0.4) is 0 Å². The maximum Gasteiger partial charge on any atom is 0.251 e. The van der Waals surface area contributed by atoms with Crippen molar-refractivity contribution in [1.82, 2.24) is 25.4 Å². The van der Waals surface area contributed by atoms with Gasteiger partial charge in [-0.1, -0.05) is 43.3 Å². The van der Waals surface area contributed by atoms with Gasteiger partial charge in [0.2, 0.25) is 0 Å². The second-order valence-electron chi connectivity index (χ2n) is 12.3. The van der Waals surface area contributed by atoms with Gasteiger partial charge in [0, 0.05) is 66.8 Å². The van der Waals surface area contributed by atoms with Gasteiger partial charge in [0.1, 0.15) is 6.29 Å². The van der Waals surface area contributed by atoms with Crippen molar-refractivity contribution >= 4 is 34.8 Å². The number of nitrogens with one attached hydrogen (secondary N) is 3. The Hall–Kier alpha value is -5.35. The molecule has 6 rings (SSSR count). The van der Waals surface area contributed by atoms with Gasteiger partial charge in [-0.25, -0.2) is 9.67 Å². The molecule has 10 nitrogen and oxygen atoms in total. The number of hydrogen-bond donors (Lipinski definition) is 3. The number of fused-ring (bicyclic) bond motifs is 1. The third-order valence-electron chi connectivity index (χ3n) is 9.13. The van der Waals surface area contributed by atoms with E-state index in [0.717, 1.165) is 69.4 Å². The van der Waals surface area contributed by atoms with Crippen molar-refractivity contribution < 1.29 is 19.1 Å². The van der Waals surface area contributed by atoms with Crippen molar-refractivity contribution in [2.75, 3.05) is 18.5 Å². The van der Waals surface area contributed by atoms with E-state index < -0.39 is 0 Å². The van der Waals surface area contributed by atoms with Crippen molar-refractivity contribution in [3.8, 4) is 11.1 Å². The lowest BCUT2D eigenvalue weighted by Gasteiger charge is -2.26. The number of rotatable bonds is 12. The van der Waals surface area contributed by atoms with Crippen LogP contribution >= 0.6 is 0 Å². The average molecular weight is 659 g/mol. The highest BCUT2D eigenvalue weighted by molar-refractivity contribution is 6.00. The van der Waals surface area contributed by atoms with E-state index in [9.17, 15) is 14.4 Å². The van der Waals surface area contributed by atoms with Gasteiger partial charge in [-0.3, -0.25) is 14.4 Å². The van der Waals surface area contributed by atoms with Gasteiger partial charge in [0.15, 0.2) is 5.65 Å². The summed E-state index contributed by atoms with van der Waals surface area (Å²) in [6.45, 7) is 8.82. The SMILES string of the molecule is CCc1nc2c(cnn2CC)c(NC2CCOCC2)c1CNC(=O)c1cccc(C(=O)NCc2cc(-c3cccc(C=O)c3)ccc2C)c1. The number of anilines is 1. The lowest BCUT2D eigenvalue weighted by molar-refractivity contribution is 0.0904. The maximum absolute atomic E-state index is 13.5. The molecule has 0 unspecified atom stereocenters. The first-order valence-corrected chi connectivity index (χ1v) is 16.9. The molecule has 252 valence electrons. The largest absolute Gasteiger partial charge is 0.381 e. The van der Waals surface area contributed by atoms with Crippen LogP contribution in [0.25, 0.3) is 22.2 Å². The lowest BCUT2D eigenvalue weighted by Crippen LogP contribution is -2.30. The molecule has 1 aliphatic heterocycles. The molecule has 2 aromatic heterocycles. The topological polar surface area (TPSA) is 127 Å². The number of ether oxygens (including phenoxy) is 1. The summed E-state index contributed by atoms with van der Waals surface area (Å²) in [6.07, 6.45) is 5.17. The smallest absolute Gasteiger partial charge is 0.251 e. The fourth-order valence-electron chi connectivity index (χ4n) is 6.28. The first-order chi connectivity index (χ1) is 23.9. The van der Waals surface area contributed by atoms with E-state index >= 15 is 0 Å². The van der Waals surface area contributed by atoms with Crippen LogP contribution in [-0.4, -0.2) is 52.1 Å². The molecule has 0 bridgehead atoms. The van der Waals surface area contributed by atoms with Crippen LogP contribution in [0.2, 0.25) is 0 Å². The number of benzene rings is 3. The molecular weight excluding hydrogens is 616 g/mol. The van der Waals surface area contributed by atoms with Crippen LogP contribution in [0.4, 0.5) is 5.69 Å². The van der Waals surface area contributed by atoms with Crippen molar-refractivity contribution in [1.29, 1.82) is 0 Å². The average Bonchev–Trinajstić information content (AvgIpc) is 3.57. The van der Waals surface area contributed by atoms with Crippen molar-refractivity contribution in [2.24, 2.45) is 0 Å². The predicted molar refractivity (Wildman–Crippen MR) is 191 cm³/mol. The molecule has 49 heavy (non-hydrogen) atoms. The summed E-state index contributed by atoms with van der Waals surface area (Å²) in [5.41, 5.74) is 8.92. The number of amides is 2. The third kappa shape index (κ3) is 7.54. The van der Waals surface area contributed by atoms with Crippen molar-refractivity contribution in [3.63, 3.8) is 0 Å². The molecule has 0 saturated carbocycles. The summed E-state index contributed by atoms with van der Waals surface area (Å²) in [4.78, 5) is 43.0. The molecule has 0 spiro atoms. The maximum atomic E-state index is 13.5. The van der Waals surface area contributed by atoms with E-state index in [0.29, 0.717) is 49.4 Å². The molecule has 1 fully saturated rings. The summed E-state index contributed by atoms with van der Waals surface area (Å²) in [5, 5.41) is 15.3. The Kier molecular flexibility index (Phi) is 10.4. The second kappa shape index (κ2) is 15.3. The number of aryl methyl sites for hydroxylation is 3. The summed E-state index contributed by atoms with van der Waals surface area (Å²) >= 11 is 0. The summed E-state index contributed by atoms with van der Waals surface area (Å²) in [5.74, 6) is -0.555. The zero-order valence-electron chi connectivity index (χ0n) is 28.2. The minimum Gasteiger partial charge on any atom is -0.381 e. The number of pyridine rings is 1. The van der Waals surface area contributed by atoms with E-state index in [1.807, 2.05) is 61.1 Å². The highest BCUT2D eigenvalue weighted by atomic mass is 16.5. The van der Waals surface area contributed by atoms with Gasteiger partial charge < -0.3 is 20.7 Å². The monoisotopic (exact) mass is 658 g/mol. The zero-order valence-corrected chi connectivity index (χ0v) is 28.2. The minimum atomic E-state index is -0.279. The number of carbonyl (C=O) groups is 3. The normalized spacial score (nSPS) is 13.3. The number of aldehydes is 1. The lowest BCUT2D eigenvalue weighted by atomic mass is 9.98. The molecule has 3 heterocycles. The number of carbonyl (C=O) groups excluding carboxylic acids is 3. The molecule has 0 atom stereocenters. The molecule has 5 aromatic rings. The fourth-order valence-corrected chi connectivity index (χ4v) is 6.28. The summed E-state index contributed by atoms with van der Waals surface area (Å²) < 4.78 is 7.48. The minimum absolute atomic E-state index is 0.249. The molecule has 3 N–H and O–H groups in total. The highest BCUT2D eigenvalue weighted by Crippen LogP contribution is 2.31. The molecule has 1 aliphatic rings. The number of aromatic nitrogens is 3. The van der Waals surface area contributed by atoms with Gasteiger partial charge in [0.25, 0.3) is 11.8 Å². The first kappa shape index (κ1) is 33.5. The molecule has 0 radical (unpaired) electrons. The second-order valence-corrected chi connectivity index (χ2v) is 12.3. The highest BCUT2D eigenvalue weighted by Gasteiger charge is 2.22. The van der Waals surface area contributed by atoms with E-state index in [2.05, 4.69) is 28.0 Å². The van der Waals surface area contributed by atoms with Crippen LogP contribution in [0, 0.1) is 6.92 Å². The Morgan fingerprint density at radius 1 is 0.918 bits per heavy atom. The summed E-state index contributed by atoms with van der Waals surface area (Å²) in [6, 6.07) is 20.5. The van der Waals surface area contributed by atoms with Gasteiger partial charge in [-0.2, -0.15) is 5.10 Å². The Morgan fingerprint density at radius 2 is 1.63 bits per heavy atom. The van der Waals surface area contributed by atoms with Crippen LogP contribution in [0.1, 0.15) is 80.1 Å². The first-order valence-electron chi connectivity index (χ1n) is 16.9. The fraction of sp³-hybridized carbons (Fsp3) is 0.308. The van der Waals surface area contributed by atoms with Crippen LogP contribution in [0.5, 0.6) is 0 Å². The van der Waals surface area contributed by atoms with E-state index in [1.165, 1.54) is 0 Å². The Balaban J connectivity index is 1.17. The predicted octanol–water partition coefficient (Wildman–Crippen LogP) is 6.25. The van der Waals surface area contributed by atoms with E-state index in [-0.39, 0.29) is 24.4 Å². The van der Waals surface area contributed by atoms with Crippen molar-refractivity contribution in [3.05, 3.63) is 112 Å². The zero-order chi connectivity index (χ0) is 34.3. The van der Waals surface area contributed by atoms with Gasteiger partial charge in [-0.05, 0) is 85.7 Å². The Bertz CT molecular complexity index is 2000. The van der Waals surface area contributed by atoms with Crippen LogP contribution in [0.15, 0.2) is 72.9 Å². The van der Waals surface area contributed by atoms with Crippen molar-refractivity contribution in [2.45, 2.75) is 65.7 Å². The Morgan fingerprint density at radius 3 is 2.35 bits per heavy atom. The summed E-state index contributed by atoms with van der Waals surface area (Å²) in [7, 11) is 0. The van der Waals surface area contributed by atoms with Gasteiger partial charge in [0.05, 0.1) is 17.3 Å². The number of nitrogens with zero attached hydrogens (tertiary/aromatic N) is 3. The van der Waals surface area contributed by atoms with E-state index in [4.69, 9.17) is 9.72 Å². The molecule has 10 heteroatoms. The van der Waals surface area contributed by atoms with Crippen LogP contribution < -0.4 is 16.0 Å². The van der Waals surface area contributed by atoms with Crippen LogP contribution in [-0.2, 0) is 30.8 Å². The van der Waals surface area contributed by atoms with E-state index in [1.54, 1.807) is 30.3 Å². The number of hydrogen-bond acceptors (Lipinski definition) is 7. The molecule has 1 saturated heterocycles.